The molecule has 0 bridgehead atoms. The number of hydrogen-bond donors (Lipinski definition) is 0. The van der Waals surface area contributed by atoms with Gasteiger partial charge in [-0.25, -0.2) is 0 Å². The molecule has 0 rings (SSSR count). The van der Waals surface area contributed by atoms with Crippen LogP contribution in [0.25, 0.3) is 0 Å². The Labute approximate surface area is 107 Å². The Bertz CT molecular complexity index is 161. The summed E-state index contributed by atoms with van der Waals surface area (Å²) in [5.74, 6) is 1.55. The summed E-state index contributed by atoms with van der Waals surface area (Å²) in [6.45, 7) is 11.4. The molecule has 0 amide bonds. The molecule has 0 aromatic carbocycles. The predicted molar refractivity (Wildman–Crippen MR) is 73.9 cm³/mol. The van der Waals surface area contributed by atoms with E-state index in [1.54, 1.807) is 0 Å². The highest BCUT2D eigenvalue weighted by Gasteiger charge is 2.26. The van der Waals surface area contributed by atoms with Gasteiger partial charge in [0.15, 0.2) is 0 Å². The first-order valence-electron chi connectivity index (χ1n) is 6.68. The van der Waals surface area contributed by atoms with Crippen molar-refractivity contribution in [3.8, 4) is 0 Å². The van der Waals surface area contributed by atoms with Crippen molar-refractivity contribution in [2.45, 2.75) is 57.8 Å². The third kappa shape index (κ3) is 7.68. The minimum atomic E-state index is -1.02. The molecule has 16 heavy (non-hydrogen) atoms. The van der Waals surface area contributed by atoms with Crippen molar-refractivity contribution in [3.63, 3.8) is 0 Å². The molecule has 0 aliphatic heterocycles. The van der Waals surface area contributed by atoms with Crippen molar-refractivity contribution in [2.24, 2.45) is 11.8 Å². The average Bonchev–Trinajstić information content (AvgIpc) is 2.11. The molecule has 0 N–H and O–H groups in total. The molecule has 0 radical (unpaired) electrons. The topological polar surface area (TPSA) is 12.5 Å². The van der Waals surface area contributed by atoms with Gasteiger partial charge >= 0.3 is 14.5 Å². The lowest BCUT2D eigenvalue weighted by Crippen LogP contribution is -2.37. The molecule has 0 aliphatic carbocycles. The van der Waals surface area contributed by atoms with Crippen LogP contribution in [-0.4, -0.2) is 39.7 Å². The van der Waals surface area contributed by atoms with Gasteiger partial charge in [0.1, 0.15) is 0 Å². The molecular formula is C13H30AlNO. The summed E-state index contributed by atoms with van der Waals surface area (Å²) in [7, 11) is 4.23. The number of hydrogen-bond acceptors (Lipinski definition) is 2. The van der Waals surface area contributed by atoms with Crippen LogP contribution in [0.2, 0.25) is 10.6 Å². The highest BCUT2D eigenvalue weighted by Crippen LogP contribution is 2.18. The van der Waals surface area contributed by atoms with Crippen LogP contribution >= 0.6 is 0 Å². The Kier molecular flexibility index (Phi) is 8.77. The van der Waals surface area contributed by atoms with E-state index in [2.05, 4.69) is 53.6 Å². The van der Waals surface area contributed by atoms with Gasteiger partial charge in [-0.2, -0.15) is 0 Å². The molecule has 0 spiro atoms. The first-order valence-corrected chi connectivity index (χ1v) is 8.79. The lowest BCUT2D eigenvalue weighted by atomic mass is 10.3. The second kappa shape index (κ2) is 8.53. The van der Waals surface area contributed by atoms with Crippen LogP contribution in [0.5, 0.6) is 0 Å². The zero-order valence-corrected chi connectivity index (χ0v) is 13.4. The highest BCUT2D eigenvalue weighted by molar-refractivity contribution is 6.52. The van der Waals surface area contributed by atoms with Gasteiger partial charge in [-0.05, 0) is 20.5 Å². The summed E-state index contributed by atoms with van der Waals surface area (Å²) < 4.78 is 6.35. The van der Waals surface area contributed by atoms with E-state index in [-0.39, 0.29) is 0 Å². The summed E-state index contributed by atoms with van der Waals surface area (Å²) in [6, 6.07) is 0. The molecule has 0 fully saturated rings. The van der Waals surface area contributed by atoms with Gasteiger partial charge in [0.2, 0.25) is 0 Å². The fourth-order valence-electron chi connectivity index (χ4n) is 2.06. The predicted octanol–water partition coefficient (Wildman–Crippen LogP) is 3.60. The first-order chi connectivity index (χ1) is 7.36. The van der Waals surface area contributed by atoms with Crippen molar-refractivity contribution in [2.75, 3.05) is 14.1 Å². The summed E-state index contributed by atoms with van der Waals surface area (Å²) in [5.41, 5.74) is 0. The third-order valence-corrected chi connectivity index (χ3v) is 6.38. The zero-order chi connectivity index (χ0) is 12.7. The van der Waals surface area contributed by atoms with E-state index in [9.17, 15) is 0 Å². The Morgan fingerprint density at radius 3 is 1.69 bits per heavy atom. The summed E-state index contributed by atoms with van der Waals surface area (Å²) in [4.78, 5) is 2.21. The van der Waals surface area contributed by atoms with E-state index in [1.807, 2.05) is 0 Å². The highest BCUT2D eigenvalue weighted by atomic mass is 27.2. The SMILES string of the molecule is CCC([O][Al]([CH2]C(C)C)[CH2]C(C)C)N(C)C. The lowest BCUT2D eigenvalue weighted by Gasteiger charge is -2.29. The van der Waals surface area contributed by atoms with E-state index < -0.39 is 14.5 Å². The van der Waals surface area contributed by atoms with Crippen LogP contribution in [0, 0.1) is 11.8 Å². The monoisotopic (exact) mass is 243 g/mol. The maximum absolute atomic E-state index is 6.35. The van der Waals surface area contributed by atoms with Gasteiger partial charge in [0, 0.05) is 0 Å². The normalized spacial score (nSPS) is 13.9. The molecular weight excluding hydrogens is 213 g/mol. The number of nitrogens with zero attached hydrogens (tertiary/aromatic N) is 1. The minimum absolute atomic E-state index is 0.328. The van der Waals surface area contributed by atoms with Crippen LogP contribution in [-0.2, 0) is 3.79 Å². The molecule has 0 aromatic rings. The van der Waals surface area contributed by atoms with Gasteiger partial charge < -0.3 is 3.79 Å². The molecule has 0 aliphatic rings. The van der Waals surface area contributed by atoms with Gasteiger partial charge in [0.25, 0.3) is 0 Å². The Morgan fingerprint density at radius 2 is 1.44 bits per heavy atom. The van der Waals surface area contributed by atoms with Crippen LogP contribution in [0.3, 0.4) is 0 Å². The van der Waals surface area contributed by atoms with Gasteiger partial charge in [0.05, 0.1) is 6.23 Å². The maximum atomic E-state index is 6.35. The molecule has 96 valence electrons. The molecule has 0 aromatic heterocycles. The third-order valence-electron chi connectivity index (χ3n) is 2.74. The largest absolute Gasteiger partial charge is 0.487 e. The van der Waals surface area contributed by atoms with E-state index in [0.29, 0.717) is 6.23 Å². The van der Waals surface area contributed by atoms with E-state index in [0.717, 1.165) is 18.3 Å². The van der Waals surface area contributed by atoms with E-state index >= 15 is 0 Å². The standard InChI is InChI=1S/C5H12NO.2C4H9.Al/c1-4-5(7)6(2)3;2*1-4(2)3;/h5H,4H2,1-3H3;2*4H,1H2,2-3H3;/q-1;;;+1. The summed E-state index contributed by atoms with van der Waals surface area (Å²) in [5, 5.41) is 2.62. The van der Waals surface area contributed by atoms with Crippen molar-refractivity contribution in [3.05, 3.63) is 0 Å². The Hall–Kier alpha value is 0.452. The molecule has 0 heterocycles. The zero-order valence-electron chi connectivity index (χ0n) is 12.3. The van der Waals surface area contributed by atoms with Gasteiger partial charge in [-0.15, -0.1) is 0 Å². The molecule has 1 atom stereocenters. The second-order valence-corrected chi connectivity index (χ2v) is 8.30. The fourth-order valence-corrected chi connectivity index (χ4v) is 5.46. The average molecular weight is 243 g/mol. The smallest absolute Gasteiger partial charge is 0.462 e. The number of rotatable bonds is 8. The molecule has 0 saturated heterocycles. The molecule has 3 heteroatoms. The van der Waals surface area contributed by atoms with Gasteiger partial charge in [-0.3, -0.25) is 4.90 Å². The van der Waals surface area contributed by atoms with Crippen LogP contribution in [0.15, 0.2) is 0 Å². The molecule has 0 saturated carbocycles. The van der Waals surface area contributed by atoms with Crippen molar-refractivity contribution >= 4 is 14.5 Å². The molecule has 2 nitrogen and oxygen atoms in total. The minimum Gasteiger partial charge on any atom is -0.487 e. The molecule has 1 unspecified atom stereocenters. The van der Waals surface area contributed by atoms with E-state index in [4.69, 9.17) is 3.79 Å². The van der Waals surface area contributed by atoms with Crippen LogP contribution in [0.1, 0.15) is 41.0 Å². The Balaban J connectivity index is 4.27. The van der Waals surface area contributed by atoms with Crippen LogP contribution in [0.4, 0.5) is 0 Å². The van der Waals surface area contributed by atoms with Crippen molar-refractivity contribution in [1.29, 1.82) is 0 Å². The van der Waals surface area contributed by atoms with Crippen molar-refractivity contribution < 1.29 is 3.79 Å². The lowest BCUT2D eigenvalue weighted by molar-refractivity contribution is 0.0567. The van der Waals surface area contributed by atoms with Crippen molar-refractivity contribution in [1.82, 2.24) is 4.90 Å². The van der Waals surface area contributed by atoms with Gasteiger partial charge in [-0.1, -0.05) is 57.0 Å². The Morgan fingerprint density at radius 1 is 1.00 bits per heavy atom. The second-order valence-electron chi connectivity index (χ2n) is 5.84. The van der Waals surface area contributed by atoms with E-state index in [1.165, 1.54) is 10.6 Å². The van der Waals surface area contributed by atoms with Crippen LogP contribution < -0.4 is 0 Å². The fraction of sp³-hybridized carbons (Fsp3) is 1.00. The quantitative estimate of drug-likeness (QED) is 0.477. The summed E-state index contributed by atoms with van der Waals surface area (Å²) >= 11 is -1.02. The first kappa shape index (κ1) is 16.5. The summed E-state index contributed by atoms with van der Waals surface area (Å²) in [6.07, 6.45) is 1.42. The maximum Gasteiger partial charge on any atom is 0.462 e.